The monoisotopic (exact) mass is 593 g/mol. The lowest BCUT2D eigenvalue weighted by Gasteiger charge is -2.35. The van der Waals surface area contributed by atoms with E-state index < -0.39 is 35.4 Å². The molecular weight excluding hydrogens is 550 g/mol. The van der Waals surface area contributed by atoms with Gasteiger partial charge in [-0.15, -0.1) is 0 Å². The van der Waals surface area contributed by atoms with E-state index in [2.05, 4.69) is 21.3 Å². The van der Waals surface area contributed by atoms with Crippen LogP contribution in [0.5, 0.6) is 0 Å². The number of nitrogens with zero attached hydrogens (tertiary/aromatic N) is 4. The lowest BCUT2D eigenvalue weighted by Crippen LogP contribution is -2.46. The van der Waals surface area contributed by atoms with Gasteiger partial charge in [0.1, 0.15) is 23.1 Å². The van der Waals surface area contributed by atoms with E-state index in [0.29, 0.717) is 36.2 Å². The van der Waals surface area contributed by atoms with Gasteiger partial charge in [-0.2, -0.15) is 0 Å². The highest BCUT2D eigenvalue weighted by Gasteiger charge is 2.32. The molecule has 2 aromatic heterocycles. The van der Waals surface area contributed by atoms with Crippen LogP contribution < -0.4 is 5.32 Å². The lowest BCUT2D eigenvalue weighted by atomic mass is 9.90. The van der Waals surface area contributed by atoms with Gasteiger partial charge < -0.3 is 19.9 Å². The van der Waals surface area contributed by atoms with Crippen molar-refractivity contribution in [2.24, 2.45) is 0 Å². The topological polar surface area (TPSA) is 136 Å². The number of alkyl carbamates (subject to hydrolysis) is 1. The summed E-state index contributed by atoms with van der Waals surface area (Å²) in [4.78, 5) is 49.7. The van der Waals surface area contributed by atoms with Crippen LogP contribution in [0.25, 0.3) is 11.0 Å². The number of ether oxygens (including phenoxy) is 2. The highest BCUT2D eigenvalue weighted by molar-refractivity contribution is 5.86. The van der Waals surface area contributed by atoms with Crippen molar-refractivity contribution in [3.05, 3.63) is 59.7 Å². The highest BCUT2D eigenvalue weighted by atomic mass is 16.6. The van der Waals surface area contributed by atoms with Crippen LogP contribution in [0.2, 0.25) is 0 Å². The molecule has 43 heavy (non-hydrogen) atoms. The first-order valence-corrected chi connectivity index (χ1v) is 14.8. The van der Waals surface area contributed by atoms with E-state index in [0.717, 1.165) is 25.0 Å². The van der Waals surface area contributed by atoms with Crippen LogP contribution in [0.4, 0.5) is 9.59 Å². The van der Waals surface area contributed by atoms with E-state index in [4.69, 9.17) is 14.5 Å². The summed E-state index contributed by atoms with van der Waals surface area (Å²) in [6.45, 7) is 11.4. The lowest BCUT2D eigenvalue weighted by molar-refractivity contribution is -0.157. The van der Waals surface area contributed by atoms with E-state index in [1.54, 1.807) is 65.9 Å². The summed E-state index contributed by atoms with van der Waals surface area (Å²) in [6, 6.07) is 10.2. The molecule has 0 spiro atoms. The molecule has 0 fully saturated rings. The Kier molecular flexibility index (Phi) is 9.74. The number of carbonyl (C=O) groups excluding carboxylic acids is 2. The quantitative estimate of drug-likeness (QED) is 0.293. The number of hydrogen-bond acceptors (Lipinski definition) is 8. The fourth-order valence-corrected chi connectivity index (χ4v) is 5.43. The zero-order chi connectivity index (χ0) is 31.4. The number of esters is 1. The molecule has 1 aromatic carbocycles. The minimum absolute atomic E-state index is 0.0641. The van der Waals surface area contributed by atoms with Gasteiger partial charge in [-0.25, -0.2) is 23.9 Å². The Morgan fingerprint density at radius 2 is 1.79 bits per heavy atom. The Morgan fingerprint density at radius 1 is 1.07 bits per heavy atom. The number of amides is 1. The summed E-state index contributed by atoms with van der Waals surface area (Å²) >= 11 is 0. The molecule has 1 amide bonds. The number of carboxylic acid groups (broad SMARTS) is 1. The van der Waals surface area contributed by atoms with Crippen LogP contribution in [0.3, 0.4) is 0 Å². The third kappa shape index (κ3) is 8.53. The van der Waals surface area contributed by atoms with E-state index in [9.17, 15) is 19.5 Å². The van der Waals surface area contributed by atoms with Crippen LogP contribution >= 0.6 is 0 Å². The number of aryl methyl sites for hydroxylation is 1. The smallest absolute Gasteiger partial charge is 0.417 e. The maximum Gasteiger partial charge on any atom is 0.417 e. The second-order valence-corrected chi connectivity index (χ2v) is 12.9. The first kappa shape index (κ1) is 31.9. The molecule has 2 N–H and O–H groups in total. The summed E-state index contributed by atoms with van der Waals surface area (Å²) in [6.07, 6.45) is 3.54. The van der Waals surface area contributed by atoms with Gasteiger partial charge in [0.15, 0.2) is 0 Å². The first-order chi connectivity index (χ1) is 20.2. The molecule has 2 unspecified atom stereocenters. The predicted molar refractivity (Wildman–Crippen MR) is 162 cm³/mol. The van der Waals surface area contributed by atoms with Gasteiger partial charge in [-0.05, 0) is 104 Å². The largest absolute Gasteiger partial charge is 0.464 e. The molecule has 1 aliphatic carbocycles. The van der Waals surface area contributed by atoms with Crippen LogP contribution in [-0.4, -0.2) is 66.5 Å². The Bertz CT molecular complexity index is 1450. The maximum absolute atomic E-state index is 13.1. The van der Waals surface area contributed by atoms with Gasteiger partial charge in [0.05, 0.1) is 29.3 Å². The van der Waals surface area contributed by atoms with Crippen LogP contribution in [0, 0.1) is 0 Å². The highest BCUT2D eigenvalue weighted by Crippen LogP contribution is 2.34. The van der Waals surface area contributed by atoms with Crippen LogP contribution in [-0.2, 0) is 27.2 Å². The van der Waals surface area contributed by atoms with Crippen molar-refractivity contribution in [2.75, 3.05) is 6.54 Å². The van der Waals surface area contributed by atoms with Gasteiger partial charge >= 0.3 is 18.2 Å². The zero-order valence-corrected chi connectivity index (χ0v) is 25.9. The summed E-state index contributed by atoms with van der Waals surface area (Å²) in [5.74, 6) is -0.130. The molecule has 0 saturated carbocycles. The number of pyridine rings is 1. The summed E-state index contributed by atoms with van der Waals surface area (Å²) in [7, 11) is 0. The molecule has 11 heteroatoms. The van der Waals surface area contributed by atoms with Gasteiger partial charge in [0, 0.05) is 6.20 Å². The van der Waals surface area contributed by atoms with E-state index >= 15 is 0 Å². The summed E-state index contributed by atoms with van der Waals surface area (Å²) in [5.41, 5.74) is 1.82. The molecule has 2 heterocycles. The Hall–Kier alpha value is -3.99. The first-order valence-electron chi connectivity index (χ1n) is 14.8. The van der Waals surface area contributed by atoms with E-state index in [1.807, 2.05) is 12.1 Å². The SMILES string of the molecule is CC(C)(C)OC(=O)NC(CCCN(Cc1nc2ccccc2n1C(=O)O)C1CCCc2cccnc21)C(=O)OC(C)(C)C. The van der Waals surface area contributed by atoms with Crippen molar-refractivity contribution in [3.63, 3.8) is 0 Å². The van der Waals surface area contributed by atoms with Crippen molar-refractivity contribution >= 4 is 29.2 Å². The summed E-state index contributed by atoms with van der Waals surface area (Å²) < 4.78 is 12.3. The van der Waals surface area contributed by atoms with Crippen molar-refractivity contribution < 1.29 is 29.0 Å². The van der Waals surface area contributed by atoms with E-state index in [1.165, 1.54) is 10.1 Å². The number of para-hydroxylation sites is 2. The molecule has 0 bridgehead atoms. The van der Waals surface area contributed by atoms with Gasteiger partial charge in [-0.3, -0.25) is 9.88 Å². The van der Waals surface area contributed by atoms with Gasteiger partial charge in [0.2, 0.25) is 0 Å². The Balaban J connectivity index is 1.60. The van der Waals surface area contributed by atoms with Crippen molar-refractivity contribution in [1.29, 1.82) is 0 Å². The minimum atomic E-state index is -1.10. The average Bonchev–Trinajstić information content (AvgIpc) is 3.28. The van der Waals surface area contributed by atoms with Crippen LogP contribution in [0.15, 0.2) is 42.6 Å². The third-order valence-corrected chi connectivity index (χ3v) is 7.09. The number of aromatic nitrogens is 3. The zero-order valence-electron chi connectivity index (χ0n) is 25.9. The molecule has 11 nitrogen and oxygen atoms in total. The summed E-state index contributed by atoms with van der Waals surface area (Å²) in [5, 5.41) is 12.8. The normalized spacial score (nSPS) is 16.0. The molecular formula is C32H43N5O6. The molecule has 2 atom stereocenters. The van der Waals surface area contributed by atoms with Crippen molar-refractivity contribution in [1.82, 2.24) is 24.8 Å². The van der Waals surface area contributed by atoms with Gasteiger partial charge in [-0.1, -0.05) is 18.2 Å². The predicted octanol–water partition coefficient (Wildman–Crippen LogP) is 5.85. The maximum atomic E-state index is 13.1. The second-order valence-electron chi connectivity index (χ2n) is 12.9. The van der Waals surface area contributed by atoms with Crippen molar-refractivity contribution in [3.8, 4) is 0 Å². The fourth-order valence-electron chi connectivity index (χ4n) is 5.43. The van der Waals surface area contributed by atoms with Gasteiger partial charge in [0.25, 0.3) is 0 Å². The number of imidazole rings is 1. The number of nitrogens with one attached hydrogen (secondary N) is 1. The molecule has 0 saturated heterocycles. The minimum Gasteiger partial charge on any atom is -0.464 e. The number of rotatable bonds is 9. The van der Waals surface area contributed by atoms with Crippen molar-refractivity contribution in [2.45, 2.75) is 103 Å². The number of hydrogen-bond donors (Lipinski definition) is 2. The number of carbonyl (C=O) groups is 3. The number of benzene rings is 1. The van der Waals surface area contributed by atoms with E-state index in [-0.39, 0.29) is 12.6 Å². The Morgan fingerprint density at radius 3 is 2.49 bits per heavy atom. The molecule has 0 aliphatic heterocycles. The standard InChI is InChI=1S/C32H43N5O6/c1-31(2,3)42-28(38)23(35-29(39)43-32(4,5)6)15-11-19-36(25-17-9-12-21-13-10-18-33-27(21)25)20-26-34-22-14-7-8-16-24(22)37(26)30(40)41/h7-8,10,13-14,16,18,23,25H,9,11-12,15,17,19-20H2,1-6H3,(H,35,39)(H,40,41). The molecule has 4 rings (SSSR count). The molecule has 232 valence electrons. The molecule has 1 aliphatic rings. The molecule has 3 aromatic rings. The number of fused-ring (bicyclic) bond motifs is 2. The van der Waals surface area contributed by atoms with Crippen LogP contribution in [0.1, 0.15) is 90.3 Å². The molecule has 0 radical (unpaired) electrons. The second kappa shape index (κ2) is 13.1. The fraction of sp³-hybridized carbons (Fsp3) is 0.531. The third-order valence-electron chi connectivity index (χ3n) is 7.09. The average molecular weight is 594 g/mol. The Labute approximate surface area is 252 Å².